The molecule has 2 amide bonds. The Hall–Kier alpha value is -1.86. The van der Waals surface area contributed by atoms with Crippen molar-refractivity contribution in [2.24, 2.45) is 0 Å². The molecule has 0 radical (unpaired) electrons. The summed E-state index contributed by atoms with van der Waals surface area (Å²) in [5.41, 5.74) is 2.45. The van der Waals surface area contributed by atoms with Crippen LogP contribution in [0.2, 0.25) is 0 Å². The van der Waals surface area contributed by atoms with Gasteiger partial charge in [0.25, 0.3) is 0 Å². The van der Waals surface area contributed by atoms with E-state index >= 15 is 0 Å². The number of benzene rings is 2. The number of thioether (sulfide) groups is 1. The molecule has 0 atom stereocenters. The molecule has 0 unspecified atom stereocenters. The summed E-state index contributed by atoms with van der Waals surface area (Å²) in [5, 5.41) is 1.97. The molecule has 3 nitrogen and oxygen atoms in total. The van der Waals surface area contributed by atoms with Gasteiger partial charge >= 0.3 is 160 Å². The molecule has 0 aliphatic carbocycles. The molecule has 4 bridgehead atoms. The zero-order valence-electron chi connectivity index (χ0n) is 13.3. The molecule has 126 valence electrons. The fraction of sp³-hybridized carbons (Fsp3) is 0.0526. The zero-order valence-corrected chi connectivity index (χ0v) is 17.4. The van der Waals surface area contributed by atoms with Crippen molar-refractivity contribution >= 4 is 57.1 Å². The average Bonchev–Trinajstić information content (AvgIpc) is 3.17. The summed E-state index contributed by atoms with van der Waals surface area (Å²) in [6, 6.07) is 9.50. The summed E-state index contributed by atoms with van der Waals surface area (Å²) in [5.74, 6) is -1.23. The normalized spacial score (nSPS) is 20.1. The van der Waals surface area contributed by atoms with Crippen LogP contribution in [0.5, 0.6) is 0 Å². The monoisotopic (exact) mass is 469 g/mol. The molecular formula is C19H10F2InNO2S. The Labute approximate surface area is 159 Å². The van der Waals surface area contributed by atoms with E-state index in [-0.39, 0.29) is 11.1 Å². The van der Waals surface area contributed by atoms with Crippen molar-refractivity contribution < 1.29 is 18.4 Å². The van der Waals surface area contributed by atoms with E-state index in [0.29, 0.717) is 16.9 Å². The summed E-state index contributed by atoms with van der Waals surface area (Å²) in [6.07, 6.45) is 2.43. The summed E-state index contributed by atoms with van der Waals surface area (Å²) in [6.45, 7) is 0. The molecule has 7 heteroatoms. The van der Waals surface area contributed by atoms with Gasteiger partial charge in [-0.1, -0.05) is 0 Å². The topological polar surface area (TPSA) is 46.2 Å². The molecule has 0 aromatic heterocycles. The van der Waals surface area contributed by atoms with E-state index in [9.17, 15) is 18.4 Å². The number of amides is 2. The molecule has 3 heterocycles. The first kappa shape index (κ1) is 16.3. The van der Waals surface area contributed by atoms with Crippen LogP contribution in [-0.4, -0.2) is 32.6 Å². The standard InChI is InChI=1S/C19H10F2NO2S.In/c20-15-8-9-16(21)14(10-15)7-3-6-12-4-1-2-5-13(12)11-17-18(23)22-19(24)25-17;/h1-2,5-6,8-10H,7H2,(H,22,23,24);. The van der Waals surface area contributed by atoms with Crippen LogP contribution >= 0.6 is 11.8 Å². The number of carbonyl (C=O) groups is 2. The maximum atomic E-state index is 14.1. The second kappa shape index (κ2) is 5.82. The second-order valence-electron chi connectivity index (χ2n) is 6.46. The molecule has 3 aliphatic rings. The van der Waals surface area contributed by atoms with Crippen LogP contribution in [0, 0.1) is 11.6 Å². The number of hydrogen-bond acceptors (Lipinski definition) is 3. The van der Waals surface area contributed by atoms with E-state index < -0.39 is 33.1 Å². The van der Waals surface area contributed by atoms with Gasteiger partial charge in [-0.2, -0.15) is 0 Å². The number of allylic oxidation sites excluding steroid dienone is 1. The van der Waals surface area contributed by atoms with Crippen molar-refractivity contribution in [2.45, 2.75) is 6.42 Å². The third-order valence-corrected chi connectivity index (χ3v) is 16.2. The van der Waals surface area contributed by atoms with Gasteiger partial charge in [0.2, 0.25) is 0 Å². The number of carbonyl (C=O) groups excluding carboxylic acids is 2. The van der Waals surface area contributed by atoms with E-state index in [0.717, 1.165) is 41.7 Å². The fourth-order valence-electron chi connectivity index (χ4n) is 3.99. The van der Waals surface area contributed by atoms with E-state index in [1.54, 1.807) is 0 Å². The van der Waals surface area contributed by atoms with Crippen LogP contribution in [0.1, 0.15) is 16.7 Å². The van der Waals surface area contributed by atoms with E-state index in [4.69, 9.17) is 0 Å². The van der Waals surface area contributed by atoms with Crippen LogP contribution in [0.4, 0.5) is 13.6 Å². The van der Waals surface area contributed by atoms with Gasteiger partial charge in [-0.25, -0.2) is 0 Å². The number of rotatable bonds is 2. The first-order valence-corrected chi connectivity index (χ1v) is 13.8. The molecular weight excluding hydrogens is 459 g/mol. The molecule has 1 fully saturated rings. The Morgan fingerprint density at radius 1 is 1.12 bits per heavy atom. The summed E-state index contributed by atoms with van der Waals surface area (Å²) >= 11 is -1.84. The first-order chi connectivity index (χ1) is 12.5. The molecule has 5 rings (SSSR count). The van der Waals surface area contributed by atoms with Gasteiger partial charge in [-0.15, -0.1) is 0 Å². The molecule has 26 heavy (non-hydrogen) atoms. The minimum atomic E-state index is -2.79. The molecule has 2 aromatic carbocycles. The minimum absolute atomic E-state index is 0.332. The molecule has 0 saturated carbocycles. The molecule has 2 aromatic rings. The first-order valence-electron chi connectivity index (χ1n) is 8.08. The Bertz CT molecular complexity index is 1090. The van der Waals surface area contributed by atoms with Gasteiger partial charge in [-0.3, -0.25) is 0 Å². The zero-order chi connectivity index (χ0) is 18.0. The van der Waals surface area contributed by atoms with Gasteiger partial charge in [-0.05, 0) is 0 Å². The van der Waals surface area contributed by atoms with Crippen LogP contribution < -0.4 is 8.64 Å². The van der Waals surface area contributed by atoms with Crippen molar-refractivity contribution in [3.05, 3.63) is 73.0 Å². The van der Waals surface area contributed by atoms with Gasteiger partial charge in [0, 0.05) is 0 Å². The summed E-state index contributed by atoms with van der Waals surface area (Å²) in [7, 11) is 0. The third-order valence-electron chi connectivity index (χ3n) is 4.99. The summed E-state index contributed by atoms with van der Waals surface area (Å²) in [4.78, 5) is 24.4. The van der Waals surface area contributed by atoms with Gasteiger partial charge < -0.3 is 0 Å². The van der Waals surface area contributed by atoms with Crippen LogP contribution in [0.25, 0.3) is 9.41 Å². The SMILES string of the molecule is O=C1NC(=O)/C(=[C]2\c3ccc[c]4c3C=[C](Cc3cc(F)ccc3F)[In]24)S1. The van der Waals surface area contributed by atoms with Crippen molar-refractivity contribution in [3.8, 4) is 0 Å². The number of imide groups is 1. The quantitative estimate of drug-likeness (QED) is 0.689. The molecule has 1 saturated heterocycles. The molecule has 0 spiro atoms. The fourth-order valence-corrected chi connectivity index (χ4v) is 16.4. The van der Waals surface area contributed by atoms with Crippen LogP contribution in [0.15, 0.2) is 44.6 Å². The van der Waals surface area contributed by atoms with Crippen LogP contribution in [-0.2, 0) is 11.2 Å². The Kier molecular flexibility index (Phi) is 3.66. The van der Waals surface area contributed by atoms with Crippen molar-refractivity contribution in [1.29, 1.82) is 0 Å². The van der Waals surface area contributed by atoms with E-state index in [1.165, 1.54) is 9.39 Å². The predicted octanol–water partition coefficient (Wildman–Crippen LogP) is 3.09. The van der Waals surface area contributed by atoms with Crippen LogP contribution in [0.3, 0.4) is 0 Å². The number of nitrogens with one attached hydrogen (secondary N) is 1. The number of hydrogen-bond donors (Lipinski definition) is 1. The van der Waals surface area contributed by atoms with Crippen molar-refractivity contribution in [3.63, 3.8) is 0 Å². The van der Waals surface area contributed by atoms with Crippen molar-refractivity contribution in [1.82, 2.24) is 5.32 Å². The predicted molar refractivity (Wildman–Crippen MR) is 97.9 cm³/mol. The third kappa shape index (κ3) is 2.33. The average molecular weight is 469 g/mol. The Balaban J connectivity index is 1.62. The van der Waals surface area contributed by atoms with E-state index in [1.807, 2.05) is 12.1 Å². The van der Waals surface area contributed by atoms with Crippen molar-refractivity contribution in [2.75, 3.05) is 0 Å². The van der Waals surface area contributed by atoms with E-state index in [2.05, 4.69) is 17.5 Å². The number of halogens is 2. The maximum absolute atomic E-state index is 14.1. The molecule has 1 N–H and O–H groups in total. The van der Waals surface area contributed by atoms with Gasteiger partial charge in [0.15, 0.2) is 0 Å². The van der Waals surface area contributed by atoms with Gasteiger partial charge in [0.05, 0.1) is 0 Å². The Morgan fingerprint density at radius 3 is 2.69 bits per heavy atom. The second-order valence-corrected chi connectivity index (χ2v) is 15.5. The Morgan fingerprint density at radius 2 is 1.96 bits per heavy atom. The summed E-state index contributed by atoms with van der Waals surface area (Å²) < 4.78 is 31.0. The van der Waals surface area contributed by atoms with Gasteiger partial charge in [0.1, 0.15) is 0 Å². The molecule has 3 aliphatic heterocycles.